The van der Waals surface area contributed by atoms with E-state index < -0.39 is 28.2 Å². The van der Waals surface area contributed by atoms with Crippen LogP contribution >= 0.6 is 0 Å². The van der Waals surface area contributed by atoms with Crippen LogP contribution in [-0.2, 0) is 21.2 Å². The van der Waals surface area contributed by atoms with Gasteiger partial charge in [0.2, 0.25) is 15.9 Å². The summed E-state index contributed by atoms with van der Waals surface area (Å²) in [4.78, 5) is 27.3. The van der Waals surface area contributed by atoms with Crippen LogP contribution in [0.2, 0.25) is 0 Å². The molecule has 1 aliphatic heterocycles. The van der Waals surface area contributed by atoms with E-state index in [0.29, 0.717) is 29.2 Å². The summed E-state index contributed by atoms with van der Waals surface area (Å²) in [5, 5.41) is 15.2. The summed E-state index contributed by atoms with van der Waals surface area (Å²) < 4.78 is 31.6. The van der Waals surface area contributed by atoms with Crippen LogP contribution < -0.4 is 15.4 Å². The highest BCUT2D eigenvalue weighted by Crippen LogP contribution is 2.29. The number of ether oxygens (including phenoxy) is 1. The van der Waals surface area contributed by atoms with Gasteiger partial charge in [0, 0.05) is 36.4 Å². The van der Waals surface area contributed by atoms with Crippen LogP contribution in [0.4, 0.5) is 16.2 Å². The minimum absolute atomic E-state index is 0.00312. The Morgan fingerprint density at radius 3 is 2.50 bits per heavy atom. The van der Waals surface area contributed by atoms with E-state index >= 15 is 0 Å². The topological polar surface area (TPSA) is 128 Å². The first-order chi connectivity index (χ1) is 17.0. The normalized spacial score (nSPS) is 19.4. The molecule has 0 bridgehead atoms. The van der Waals surface area contributed by atoms with Crippen LogP contribution in [0, 0.1) is 5.92 Å². The van der Waals surface area contributed by atoms with E-state index in [0.717, 1.165) is 6.26 Å². The highest BCUT2D eigenvalue weighted by atomic mass is 32.2. The van der Waals surface area contributed by atoms with Gasteiger partial charge in [-0.15, -0.1) is 0 Å². The van der Waals surface area contributed by atoms with Gasteiger partial charge in [-0.1, -0.05) is 25.1 Å². The molecule has 3 amide bonds. The molecule has 0 aliphatic carbocycles. The Morgan fingerprint density at radius 2 is 1.86 bits per heavy atom. The zero-order valence-corrected chi connectivity index (χ0v) is 21.8. The number of para-hydroxylation sites is 1. The summed E-state index contributed by atoms with van der Waals surface area (Å²) >= 11 is 0. The minimum atomic E-state index is -3.45. The maximum absolute atomic E-state index is 13.2. The fourth-order valence-corrected chi connectivity index (χ4v) is 4.35. The number of hydrogen-bond donors (Lipinski definition) is 3. The number of carbonyl (C=O) groups is 2. The lowest BCUT2D eigenvalue weighted by atomic mass is 10.0. The number of hydrogen-bond acceptors (Lipinski definition) is 6. The lowest BCUT2D eigenvalue weighted by molar-refractivity contribution is -0.134. The number of carbonyl (C=O) groups excluding carboxylic acids is 2. The second-order valence-electron chi connectivity index (χ2n) is 9.20. The smallest absolute Gasteiger partial charge is 0.323 e. The van der Waals surface area contributed by atoms with E-state index in [9.17, 15) is 23.1 Å². The number of urea groups is 1. The van der Waals surface area contributed by atoms with Crippen LogP contribution in [0.5, 0.6) is 5.75 Å². The minimum Gasteiger partial charge on any atom is -0.488 e. The molecule has 3 N–H and O–H groups in total. The third-order valence-electron chi connectivity index (χ3n) is 6.21. The summed E-state index contributed by atoms with van der Waals surface area (Å²) in [5.41, 5.74) is 1.66. The van der Waals surface area contributed by atoms with Gasteiger partial charge in [0.1, 0.15) is 11.9 Å². The van der Waals surface area contributed by atoms with E-state index in [2.05, 4.69) is 10.6 Å². The van der Waals surface area contributed by atoms with Crippen molar-refractivity contribution in [3.05, 3.63) is 54.1 Å². The molecule has 3 atom stereocenters. The first-order valence-electron chi connectivity index (χ1n) is 11.7. The van der Waals surface area contributed by atoms with E-state index in [1.54, 1.807) is 42.2 Å². The van der Waals surface area contributed by atoms with Crippen LogP contribution in [0.25, 0.3) is 0 Å². The molecular weight excluding hydrogens is 484 g/mol. The zero-order chi connectivity index (χ0) is 26.5. The fraction of sp³-hybridized carbons (Fsp3) is 0.440. The van der Waals surface area contributed by atoms with Gasteiger partial charge in [-0.2, -0.15) is 0 Å². The average molecular weight is 519 g/mol. The molecule has 0 saturated carbocycles. The SMILES string of the molecule is C[C@@H]1CN([C@H](C)CO)C(=O)Cc2cc(NC(=O)Nc3ccccc3)ccc2O[C@H]1CN(C)S(C)(=O)=O. The van der Waals surface area contributed by atoms with Crippen molar-refractivity contribution in [3.8, 4) is 5.75 Å². The number of aliphatic hydroxyl groups is 1. The van der Waals surface area contributed by atoms with Gasteiger partial charge in [-0.05, 0) is 37.3 Å². The first-order valence-corrected chi connectivity index (χ1v) is 13.6. The molecule has 0 spiro atoms. The number of fused-ring (bicyclic) bond motifs is 1. The fourth-order valence-electron chi connectivity index (χ4n) is 3.93. The summed E-state index contributed by atoms with van der Waals surface area (Å²) in [6, 6.07) is 13.2. The predicted molar refractivity (Wildman–Crippen MR) is 139 cm³/mol. The van der Waals surface area contributed by atoms with Gasteiger partial charge in [0.25, 0.3) is 0 Å². The summed E-state index contributed by atoms with van der Waals surface area (Å²) in [7, 11) is -1.96. The number of nitrogens with zero attached hydrogens (tertiary/aromatic N) is 2. The molecule has 11 heteroatoms. The lowest BCUT2D eigenvalue weighted by Crippen LogP contribution is -2.48. The van der Waals surface area contributed by atoms with Crippen LogP contribution in [0.1, 0.15) is 19.4 Å². The molecule has 1 heterocycles. The zero-order valence-electron chi connectivity index (χ0n) is 21.0. The van der Waals surface area contributed by atoms with Gasteiger partial charge in [0.15, 0.2) is 0 Å². The Bertz CT molecular complexity index is 1170. The molecule has 2 aromatic rings. The molecule has 3 rings (SSSR count). The number of amides is 3. The van der Waals surface area contributed by atoms with E-state index in [1.807, 2.05) is 25.1 Å². The van der Waals surface area contributed by atoms with Gasteiger partial charge < -0.3 is 25.4 Å². The van der Waals surface area contributed by atoms with E-state index in [-0.39, 0.29) is 31.4 Å². The quantitative estimate of drug-likeness (QED) is 0.516. The monoisotopic (exact) mass is 518 g/mol. The van der Waals surface area contributed by atoms with Crippen molar-refractivity contribution in [2.75, 3.05) is 43.6 Å². The Morgan fingerprint density at radius 1 is 1.19 bits per heavy atom. The van der Waals surface area contributed by atoms with Crippen molar-refractivity contribution >= 4 is 33.3 Å². The largest absolute Gasteiger partial charge is 0.488 e. The van der Waals surface area contributed by atoms with E-state index in [1.165, 1.54) is 11.4 Å². The number of rotatable bonds is 7. The molecule has 36 heavy (non-hydrogen) atoms. The molecule has 0 aromatic heterocycles. The highest BCUT2D eigenvalue weighted by molar-refractivity contribution is 7.88. The Balaban J connectivity index is 1.90. The first kappa shape index (κ1) is 27.4. The second kappa shape index (κ2) is 11.7. The molecule has 196 valence electrons. The number of anilines is 2. The molecule has 0 unspecified atom stereocenters. The second-order valence-corrected chi connectivity index (χ2v) is 11.3. The molecule has 2 aromatic carbocycles. The van der Waals surface area contributed by atoms with Crippen molar-refractivity contribution < 1.29 is 27.9 Å². The van der Waals surface area contributed by atoms with Crippen molar-refractivity contribution in [3.63, 3.8) is 0 Å². The maximum Gasteiger partial charge on any atom is 0.323 e. The summed E-state index contributed by atoms with van der Waals surface area (Å²) in [6.45, 7) is 3.82. The number of sulfonamides is 1. The molecule has 0 fully saturated rings. The average Bonchev–Trinajstić information content (AvgIpc) is 2.86. The summed E-state index contributed by atoms with van der Waals surface area (Å²) in [5.74, 6) is 0.0124. The van der Waals surface area contributed by atoms with E-state index in [4.69, 9.17) is 4.74 Å². The summed E-state index contributed by atoms with van der Waals surface area (Å²) in [6.07, 6.45) is 0.572. The van der Waals surface area contributed by atoms with Gasteiger partial charge in [-0.25, -0.2) is 17.5 Å². The predicted octanol–water partition coefficient (Wildman–Crippen LogP) is 2.37. The maximum atomic E-state index is 13.2. The van der Waals surface area contributed by atoms with Gasteiger partial charge >= 0.3 is 6.03 Å². The van der Waals surface area contributed by atoms with Crippen molar-refractivity contribution in [2.45, 2.75) is 32.4 Å². The third kappa shape index (κ3) is 7.19. The van der Waals surface area contributed by atoms with Crippen molar-refractivity contribution in [1.29, 1.82) is 0 Å². The van der Waals surface area contributed by atoms with Crippen molar-refractivity contribution in [2.24, 2.45) is 5.92 Å². The van der Waals surface area contributed by atoms with Crippen LogP contribution in [0.15, 0.2) is 48.5 Å². The molecule has 10 nitrogen and oxygen atoms in total. The Labute approximate surface area is 212 Å². The Hall–Kier alpha value is -3.15. The third-order valence-corrected chi connectivity index (χ3v) is 7.49. The number of likely N-dealkylation sites (N-methyl/N-ethyl adjacent to an activating group) is 1. The standard InChI is InChI=1S/C25H34N4O6S/c1-17-14-29(18(2)16-30)24(31)13-19-12-21(27-25(32)26-20-8-6-5-7-9-20)10-11-22(19)35-23(17)15-28(3)36(4,33)34/h5-12,17-18,23,30H,13-16H2,1-4H3,(H2,26,27,32)/t17-,18-,23+/m1/s1. The molecule has 1 aliphatic rings. The molecular formula is C25H34N4O6S. The van der Waals surface area contributed by atoms with Crippen molar-refractivity contribution in [1.82, 2.24) is 9.21 Å². The molecule has 0 radical (unpaired) electrons. The number of nitrogens with one attached hydrogen (secondary N) is 2. The highest BCUT2D eigenvalue weighted by Gasteiger charge is 2.32. The molecule has 0 saturated heterocycles. The number of benzene rings is 2. The van der Waals surface area contributed by atoms with Crippen LogP contribution in [-0.4, -0.2) is 79.8 Å². The Kier molecular flexibility index (Phi) is 8.93. The van der Waals surface area contributed by atoms with Crippen LogP contribution in [0.3, 0.4) is 0 Å². The van der Waals surface area contributed by atoms with Gasteiger partial charge in [0.05, 0.1) is 31.9 Å². The van der Waals surface area contributed by atoms with Gasteiger partial charge in [-0.3, -0.25) is 4.79 Å². The lowest BCUT2D eigenvalue weighted by Gasteiger charge is -2.33. The number of aliphatic hydroxyl groups excluding tert-OH is 1.